The van der Waals surface area contributed by atoms with Crippen molar-refractivity contribution >= 4 is 22.1 Å². The summed E-state index contributed by atoms with van der Waals surface area (Å²) in [7, 11) is 0. The molecule has 0 atom stereocenters. The lowest BCUT2D eigenvalue weighted by Gasteiger charge is -2.07. The minimum atomic E-state index is 0.209. The van der Waals surface area contributed by atoms with E-state index in [4.69, 9.17) is 0 Å². The van der Waals surface area contributed by atoms with E-state index in [0.717, 1.165) is 21.2 Å². The molecule has 0 aliphatic rings. The zero-order chi connectivity index (χ0) is 11.8. The Kier molecular flexibility index (Phi) is 2.27. The minimum absolute atomic E-state index is 0.209. The van der Waals surface area contributed by atoms with Gasteiger partial charge in [0.2, 0.25) is 0 Å². The van der Waals surface area contributed by atoms with E-state index in [1.807, 2.05) is 23.6 Å². The molecular formula is C14H10O2S. The van der Waals surface area contributed by atoms with Crippen LogP contribution in [0.3, 0.4) is 0 Å². The van der Waals surface area contributed by atoms with Gasteiger partial charge in [0.15, 0.2) is 0 Å². The number of phenolic OH excluding ortho intramolecular Hbond substituents is 2. The van der Waals surface area contributed by atoms with Crippen LogP contribution in [0.5, 0.6) is 11.5 Å². The van der Waals surface area contributed by atoms with Crippen LogP contribution >= 0.6 is 11.3 Å². The Morgan fingerprint density at radius 2 is 1.76 bits per heavy atom. The van der Waals surface area contributed by atoms with E-state index in [0.29, 0.717) is 0 Å². The molecule has 2 N–H and O–H groups in total. The van der Waals surface area contributed by atoms with Crippen molar-refractivity contribution < 1.29 is 10.2 Å². The first-order chi connectivity index (χ1) is 8.25. The Bertz CT molecular complexity index is 672. The van der Waals surface area contributed by atoms with Gasteiger partial charge in [-0.3, -0.25) is 0 Å². The van der Waals surface area contributed by atoms with Crippen molar-refractivity contribution in [2.24, 2.45) is 0 Å². The molecule has 0 radical (unpaired) electrons. The Balaban J connectivity index is 2.40. The van der Waals surface area contributed by atoms with Crippen molar-refractivity contribution in [2.45, 2.75) is 0 Å². The molecule has 17 heavy (non-hydrogen) atoms. The highest BCUT2D eigenvalue weighted by Gasteiger charge is 2.08. The van der Waals surface area contributed by atoms with Gasteiger partial charge >= 0.3 is 0 Å². The molecule has 3 aromatic rings. The summed E-state index contributed by atoms with van der Waals surface area (Å²) >= 11 is 1.64. The standard InChI is InChI=1S/C14H10O2S/c15-9-3-4-10-12(8-9)11(5-6-13(10)16)14-2-1-7-17-14/h1-8,15-16H. The molecule has 1 aromatic heterocycles. The first-order valence-electron chi connectivity index (χ1n) is 5.24. The van der Waals surface area contributed by atoms with Crippen LogP contribution in [0.15, 0.2) is 47.8 Å². The third-order valence-corrected chi connectivity index (χ3v) is 3.67. The van der Waals surface area contributed by atoms with Crippen LogP contribution in [0.2, 0.25) is 0 Å². The van der Waals surface area contributed by atoms with Crippen LogP contribution in [0.4, 0.5) is 0 Å². The van der Waals surface area contributed by atoms with Crippen LogP contribution in [0.25, 0.3) is 21.2 Å². The van der Waals surface area contributed by atoms with E-state index in [1.54, 1.807) is 35.6 Å². The van der Waals surface area contributed by atoms with E-state index in [2.05, 4.69) is 0 Å². The molecule has 0 aliphatic heterocycles. The normalized spacial score (nSPS) is 10.8. The maximum atomic E-state index is 9.81. The first kappa shape index (κ1) is 10.2. The van der Waals surface area contributed by atoms with Gasteiger partial charge in [-0.15, -0.1) is 11.3 Å². The van der Waals surface area contributed by atoms with Gasteiger partial charge in [0, 0.05) is 10.3 Å². The van der Waals surface area contributed by atoms with Crippen LogP contribution in [0.1, 0.15) is 0 Å². The molecule has 3 heteroatoms. The number of phenols is 2. The van der Waals surface area contributed by atoms with Gasteiger partial charge in [0.25, 0.3) is 0 Å². The van der Waals surface area contributed by atoms with E-state index in [-0.39, 0.29) is 11.5 Å². The van der Waals surface area contributed by atoms with Crippen molar-refractivity contribution in [3.63, 3.8) is 0 Å². The molecule has 0 spiro atoms. The Labute approximate surface area is 102 Å². The van der Waals surface area contributed by atoms with Crippen molar-refractivity contribution in [1.29, 1.82) is 0 Å². The maximum Gasteiger partial charge on any atom is 0.123 e. The second kappa shape index (κ2) is 3.79. The summed E-state index contributed by atoms with van der Waals surface area (Å²) in [4.78, 5) is 1.13. The van der Waals surface area contributed by atoms with E-state index in [9.17, 15) is 10.2 Å². The van der Waals surface area contributed by atoms with Crippen molar-refractivity contribution in [1.82, 2.24) is 0 Å². The summed E-state index contributed by atoms with van der Waals surface area (Å²) in [6.45, 7) is 0. The molecule has 0 amide bonds. The first-order valence-corrected chi connectivity index (χ1v) is 6.12. The molecule has 84 valence electrons. The molecule has 2 nitrogen and oxygen atoms in total. The van der Waals surface area contributed by atoms with Crippen molar-refractivity contribution in [2.75, 3.05) is 0 Å². The third kappa shape index (κ3) is 1.65. The Hall–Kier alpha value is -2.00. The second-order valence-corrected chi connectivity index (χ2v) is 4.79. The van der Waals surface area contributed by atoms with Crippen LogP contribution in [0, 0.1) is 0 Å². The second-order valence-electron chi connectivity index (χ2n) is 3.84. The number of rotatable bonds is 1. The largest absolute Gasteiger partial charge is 0.508 e. The lowest BCUT2D eigenvalue weighted by Crippen LogP contribution is -1.79. The van der Waals surface area contributed by atoms with Gasteiger partial charge in [0.05, 0.1) is 0 Å². The summed E-state index contributed by atoms with van der Waals surface area (Å²) in [6.07, 6.45) is 0. The quantitative estimate of drug-likeness (QED) is 0.677. The van der Waals surface area contributed by atoms with Gasteiger partial charge < -0.3 is 10.2 Å². The fourth-order valence-corrected chi connectivity index (χ4v) is 2.73. The molecule has 0 unspecified atom stereocenters. The molecule has 0 fully saturated rings. The molecule has 2 aromatic carbocycles. The number of thiophene rings is 1. The summed E-state index contributed by atoms with van der Waals surface area (Å²) in [5.74, 6) is 0.446. The van der Waals surface area contributed by atoms with Crippen LogP contribution < -0.4 is 0 Å². The molecule has 0 bridgehead atoms. The maximum absolute atomic E-state index is 9.81. The number of aromatic hydroxyl groups is 2. The zero-order valence-corrected chi connectivity index (χ0v) is 9.74. The smallest absolute Gasteiger partial charge is 0.123 e. The van der Waals surface area contributed by atoms with E-state index >= 15 is 0 Å². The van der Waals surface area contributed by atoms with Crippen molar-refractivity contribution in [3.05, 3.63) is 47.8 Å². The molecule has 0 aliphatic carbocycles. The number of hydrogen-bond donors (Lipinski definition) is 2. The molecule has 0 saturated heterocycles. The lowest BCUT2D eigenvalue weighted by atomic mass is 10.0. The van der Waals surface area contributed by atoms with E-state index in [1.165, 1.54) is 0 Å². The average molecular weight is 242 g/mol. The summed E-state index contributed by atoms with van der Waals surface area (Å²) in [5.41, 5.74) is 1.03. The minimum Gasteiger partial charge on any atom is -0.508 e. The predicted molar refractivity (Wildman–Crippen MR) is 70.6 cm³/mol. The molecular weight excluding hydrogens is 232 g/mol. The van der Waals surface area contributed by atoms with Gasteiger partial charge in [-0.1, -0.05) is 6.07 Å². The SMILES string of the molecule is Oc1ccc2c(O)ccc(-c3cccs3)c2c1. The third-order valence-electron chi connectivity index (χ3n) is 2.76. The van der Waals surface area contributed by atoms with Crippen LogP contribution in [-0.4, -0.2) is 10.2 Å². The average Bonchev–Trinajstić information content (AvgIpc) is 2.83. The molecule has 1 heterocycles. The van der Waals surface area contributed by atoms with Gasteiger partial charge in [0.1, 0.15) is 11.5 Å². The van der Waals surface area contributed by atoms with E-state index < -0.39 is 0 Å². The monoisotopic (exact) mass is 242 g/mol. The topological polar surface area (TPSA) is 40.5 Å². The fourth-order valence-electron chi connectivity index (χ4n) is 1.97. The number of hydrogen-bond acceptors (Lipinski definition) is 3. The Morgan fingerprint density at radius 3 is 2.53 bits per heavy atom. The molecule has 3 rings (SSSR count). The predicted octanol–water partition coefficient (Wildman–Crippen LogP) is 3.98. The Morgan fingerprint density at radius 1 is 0.882 bits per heavy atom. The lowest BCUT2D eigenvalue weighted by molar-refractivity contribution is 0.475. The fraction of sp³-hybridized carbons (Fsp3) is 0. The zero-order valence-electron chi connectivity index (χ0n) is 8.92. The highest BCUT2D eigenvalue weighted by atomic mass is 32.1. The van der Waals surface area contributed by atoms with Gasteiger partial charge in [-0.25, -0.2) is 0 Å². The highest BCUT2D eigenvalue weighted by molar-refractivity contribution is 7.13. The van der Waals surface area contributed by atoms with Gasteiger partial charge in [-0.05, 0) is 52.7 Å². The van der Waals surface area contributed by atoms with Crippen molar-refractivity contribution in [3.8, 4) is 21.9 Å². The summed E-state index contributed by atoms with van der Waals surface area (Å²) < 4.78 is 0. The number of fused-ring (bicyclic) bond motifs is 1. The summed E-state index contributed by atoms with van der Waals surface area (Å²) in [6, 6.07) is 12.6. The number of benzene rings is 2. The van der Waals surface area contributed by atoms with Gasteiger partial charge in [-0.2, -0.15) is 0 Å². The summed E-state index contributed by atoms with van der Waals surface area (Å²) in [5, 5.41) is 23.0. The van der Waals surface area contributed by atoms with Crippen LogP contribution in [-0.2, 0) is 0 Å². The highest BCUT2D eigenvalue weighted by Crippen LogP contribution is 2.37. The molecule has 0 saturated carbocycles.